The number of anilines is 1. The summed E-state index contributed by atoms with van der Waals surface area (Å²) < 4.78 is 19.9. The summed E-state index contributed by atoms with van der Waals surface area (Å²) in [6.45, 7) is 1.71. The maximum absolute atomic E-state index is 13.2. The number of nitrogens with zero attached hydrogens (tertiary/aromatic N) is 5. The summed E-state index contributed by atoms with van der Waals surface area (Å²) in [4.78, 5) is 50.3. The number of benzene rings is 1. The van der Waals surface area contributed by atoms with Crippen molar-refractivity contribution in [3.63, 3.8) is 0 Å². The molecule has 0 aliphatic carbocycles. The molecule has 2 fully saturated rings. The first-order chi connectivity index (χ1) is 18.9. The van der Waals surface area contributed by atoms with Crippen LogP contribution < -0.4 is 10.6 Å². The molecule has 5 rings (SSSR count). The molecule has 3 amide bonds. The van der Waals surface area contributed by atoms with Gasteiger partial charge in [-0.3, -0.25) is 19.5 Å². The molecule has 39 heavy (non-hydrogen) atoms. The van der Waals surface area contributed by atoms with E-state index in [1.54, 1.807) is 17.6 Å². The Morgan fingerprint density at radius 3 is 2.62 bits per heavy atom. The number of imidazole rings is 1. The number of carbonyl (C=O) groups excluding carboxylic acids is 2. The van der Waals surface area contributed by atoms with Crippen molar-refractivity contribution >= 4 is 41.0 Å². The van der Waals surface area contributed by atoms with Crippen LogP contribution >= 0.6 is 0 Å². The second-order valence-corrected chi connectivity index (χ2v) is 8.91. The number of urea groups is 1. The van der Waals surface area contributed by atoms with E-state index in [1.165, 1.54) is 19.7 Å². The number of hydrogen-bond donors (Lipinski definition) is 3. The molecule has 14 heteroatoms. The van der Waals surface area contributed by atoms with Crippen molar-refractivity contribution in [2.24, 2.45) is 0 Å². The maximum atomic E-state index is 13.2. The summed E-state index contributed by atoms with van der Waals surface area (Å²) in [6, 6.07) is 9.12. The number of ether oxygens (including phenoxy) is 3. The molecule has 3 aromatic rings. The summed E-state index contributed by atoms with van der Waals surface area (Å²) in [6.07, 6.45) is 1.88. The number of aromatic nitrogens is 4. The molecule has 2 saturated heterocycles. The number of amides is 3. The van der Waals surface area contributed by atoms with E-state index in [-0.39, 0.29) is 5.82 Å². The topological polar surface area (TPSA) is 170 Å². The second kappa shape index (κ2) is 11.1. The number of carboxylic acid groups (broad SMARTS) is 1. The van der Waals surface area contributed by atoms with E-state index in [2.05, 4.69) is 25.6 Å². The second-order valence-electron chi connectivity index (χ2n) is 8.91. The van der Waals surface area contributed by atoms with Gasteiger partial charge in [-0.2, -0.15) is 0 Å². The molecule has 1 aromatic carbocycles. The van der Waals surface area contributed by atoms with E-state index in [9.17, 15) is 14.4 Å². The predicted molar refractivity (Wildman–Crippen MR) is 136 cm³/mol. The molecule has 0 saturated carbocycles. The quantitative estimate of drug-likeness (QED) is 0.380. The minimum absolute atomic E-state index is 0.195. The van der Waals surface area contributed by atoms with E-state index in [0.29, 0.717) is 17.7 Å². The van der Waals surface area contributed by atoms with Crippen LogP contribution in [0, 0.1) is 0 Å². The van der Waals surface area contributed by atoms with Crippen molar-refractivity contribution in [3.8, 4) is 0 Å². The molecular formula is C25H27N7O7. The van der Waals surface area contributed by atoms with E-state index in [1.807, 2.05) is 36.4 Å². The highest BCUT2D eigenvalue weighted by atomic mass is 16.8. The molecule has 4 unspecified atom stereocenters. The van der Waals surface area contributed by atoms with Crippen molar-refractivity contribution in [1.29, 1.82) is 0 Å². The van der Waals surface area contributed by atoms with Gasteiger partial charge in [-0.1, -0.05) is 36.4 Å². The summed E-state index contributed by atoms with van der Waals surface area (Å²) in [5.41, 5.74) is 1.58. The summed E-state index contributed by atoms with van der Waals surface area (Å²) in [5.74, 6) is -1.53. The van der Waals surface area contributed by atoms with E-state index in [0.717, 1.165) is 10.5 Å². The SMILES string of the molecule is CCNC(=O)Nc1ncnc2c1ncn2C1OC(C(=O)N(C)CC(=O)O)C2O[C@H](C=Cc3ccccc3)OC21. The van der Waals surface area contributed by atoms with Crippen molar-refractivity contribution in [3.05, 3.63) is 54.6 Å². The number of carboxylic acids is 1. The van der Waals surface area contributed by atoms with Gasteiger partial charge in [0.05, 0.1) is 6.33 Å². The molecule has 14 nitrogen and oxygen atoms in total. The molecule has 3 N–H and O–H groups in total. The fourth-order valence-electron chi connectivity index (χ4n) is 4.48. The van der Waals surface area contributed by atoms with Gasteiger partial charge in [-0.15, -0.1) is 0 Å². The summed E-state index contributed by atoms with van der Waals surface area (Å²) in [7, 11) is 1.38. The number of hydrogen-bond acceptors (Lipinski definition) is 9. The van der Waals surface area contributed by atoms with Crippen LogP contribution in [-0.2, 0) is 23.8 Å². The Labute approximate surface area is 222 Å². The lowest BCUT2D eigenvalue weighted by Crippen LogP contribution is -2.44. The zero-order chi connectivity index (χ0) is 27.5. The molecule has 2 aliphatic heterocycles. The third kappa shape index (κ3) is 5.43. The molecule has 2 aliphatic rings. The average molecular weight is 538 g/mol. The Morgan fingerprint density at radius 1 is 1.10 bits per heavy atom. The number of rotatable bonds is 8. The standard InChI is InChI=1S/C25H27N7O7/c1-3-26-25(36)30-21-17-22(28-12-27-21)32(13-29-17)24-20-18(19(39-24)23(35)31(2)11-15(33)34)37-16(38-20)10-9-14-7-5-4-6-8-14/h4-10,12-13,16,18-20,24H,3,11H2,1-2H3,(H,33,34)(H2,26,27,28,30,36)/t16-,18?,19?,20?,24?/m0/s1. The van der Waals surface area contributed by atoms with E-state index < -0.39 is 55.3 Å². The van der Waals surface area contributed by atoms with Gasteiger partial charge in [-0.25, -0.2) is 19.7 Å². The van der Waals surface area contributed by atoms with Crippen molar-refractivity contribution < 1.29 is 33.7 Å². The fourth-order valence-corrected chi connectivity index (χ4v) is 4.48. The predicted octanol–water partition coefficient (Wildman–Crippen LogP) is 1.23. The Balaban J connectivity index is 1.45. The van der Waals surface area contributed by atoms with Gasteiger partial charge in [0.25, 0.3) is 5.91 Å². The lowest BCUT2D eigenvalue weighted by Gasteiger charge is -2.23. The first kappa shape index (κ1) is 26.2. The molecule has 0 spiro atoms. The van der Waals surface area contributed by atoms with Gasteiger partial charge in [0, 0.05) is 13.6 Å². The van der Waals surface area contributed by atoms with E-state index in [4.69, 9.17) is 19.3 Å². The Morgan fingerprint density at radius 2 is 1.87 bits per heavy atom. The average Bonchev–Trinajstić information content (AvgIpc) is 3.61. The van der Waals surface area contributed by atoms with Gasteiger partial charge in [0.1, 0.15) is 25.1 Å². The molecule has 204 valence electrons. The van der Waals surface area contributed by atoms with E-state index >= 15 is 0 Å². The molecule has 0 bridgehead atoms. The minimum Gasteiger partial charge on any atom is -0.480 e. The molecule has 2 aromatic heterocycles. The number of fused-ring (bicyclic) bond motifs is 2. The zero-order valence-electron chi connectivity index (χ0n) is 21.1. The number of aliphatic carboxylic acids is 1. The van der Waals surface area contributed by atoms with Crippen LogP contribution in [0.2, 0.25) is 0 Å². The van der Waals surface area contributed by atoms with Crippen LogP contribution in [0.5, 0.6) is 0 Å². The first-order valence-electron chi connectivity index (χ1n) is 12.2. The normalized spacial score (nSPS) is 24.1. The fraction of sp³-hybridized carbons (Fsp3) is 0.360. The van der Waals surface area contributed by atoms with Gasteiger partial charge in [0.15, 0.2) is 35.6 Å². The highest BCUT2D eigenvalue weighted by molar-refractivity contribution is 5.95. The molecule has 5 atom stereocenters. The number of carbonyl (C=O) groups is 3. The third-order valence-corrected chi connectivity index (χ3v) is 6.21. The lowest BCUT2D eigenvalue weighted by atomic mass is 10.1. The van der Waals surface area contributed by atoms with Crippen molar-refractivity contribution in [2.45, 2.75) is 37.8 Å². The minimum atomic E-state index is -1.16. The van der Waals surface area contributed by atoms with Crippen LogP contribution in [0.1, 0.15) is 18.7 Å². The van der Waals surface area contributed by atoms with Crippen LogP contribution in [-0.4, -0.2) is 92.2 Å². The first-order valence-corrected chi connectivity index (χ1v) is 12.2. The molecule has 4 heterocycles. The monoisotopic (exact) mass is 537 g/mol. The van der Waals surface area contributed by atoms with Crippen LogP contribution in [0.3, 0.4) is 0 Å². The van der Waals surface area contributed by atoms with Crippen LogP contribution in [0.4, 0.5) is 10.6 Å². The Bertz CT molecular complexity index is 1400. The summed E-state index contributed by atoms with van der Waals surface area (Å²) >= 11 is 0. The van der Waals surface area contributed by atoms with Crippen LogP contribution in [0.25, 0.3) is 17.2 Å². The van der Waals surface area contributed by atoms with Gasteiger partial charge in [-0.05, 0) is 18.6 Å². The Kier molecular flexibility index (Phi) is 7.49. The highest BCUT2D eigenvalue weighted by Crippen LogP contribution is 2.41. The summed E-state index contributed by atoms with van der Waals surface area (Å²) in [5, 5.41) is 14.4. The molecule has 0 radical (unpaired) electrons. The van der Waals surface area contributed by atoms with Crippen LogP contribution in [0.15, 0.2) is 49.1 Å². The van der Waals surface area contributed by atoms with Gasteiger partial charge in [0.2, 0.25) is 0 Å². The van der Waals surface area contributed by atoms with Crippen molar-refractivity contribution in [2.75, 3.05) is 25.5 Å². The smallest absolute Gasteiger partial charge is 0.323 e. The number of nitrogens with one attached hydrogen (secondary N) is 2. The third-order valence-electron chi connectivity index (χ3n) is 6.21. The van der Waals surface area contributed by atoms with Crippen molar-refractivity contribution in [1.82, 2.24) is 29.7 Å². The van der Waals surface area contributed by atoms with Gasteiger partial charge < -0.3 is 29.5 Å². The van der Waals surface area contributed by atoms with Gasteiger partial charge >= 0.3 is 12.0 Å². The Hall–Kier alpha value is -4.40. The number of likely N-dealkylation sites (N-methyl/N-ethyl adjacent to an activating group) is 1. The largest absolute Gasteiger partial charge is 0.480 e. The molecular weight excluding hydrogens is 510 g/mol. The highest BCUT2D eigenvalue weighted by Gasteiger charge is 2.56. The zero-order valence-corrected chi connectivity index (χ0v) is 21.1. The maximum Gasteiger partial charge on any atom is 0.323 e. The lowest BCUT2D eigenvalue weighted by molar-refractivity contribution is -0.162.